The van der Waals surface area contributed by atoms with E-state index >= 15 is 0 Å². The number of anilines is 3. The van der Waals surface area contributed by atoms with Gasteiger partial charge in [0.1, 0.15) is 5.82 Å². The van der Waals surface area contributed by atoms with Crippen molar-refractivity contribution in [3.05, 3.63) is 59.8 Å². The van der Waals surface area contributed by atoms with Crippen LogP contribution in [0.15, 0.2) is 58.6 Å². The van der Waals surface area contributed by atoms with Crippen molar-refractivity contribution in [1.29, 1.82) is 0 Å². The van der Waals surface area contributed by atoms with Gasteiger partial charge in [-0.1, -0.05) is 12.1 Å². The number of aromatic amines is 1. The number of aryl methyl sites for hydroxylation is 2. The number of hydrogen-bond acceptors (Lipinski definition) is 7. The fraction of sp³-hybridized carbons (Fsp3) is 0.150. The summed E-state index contributed by atoms with van der Waals surface area (Å²) in [5, 5.41) is 11.9. The standard InChI is InChI=1S/C20H20N6O2S2/c1-12-5-4-6-16-18(12)22-20(23-19(16)21-17-11-13(2)24-25-17)29-15-9-7-14(8-10-15)26-30(3,27)28/h4-11,26H,1-3H3,(H2,21,22,23,24,25). The average Bonchev–Trinajstić information content (AvgIpc) is 3.08. The fourth-order valence-corrected chi connectivity index (χ4v) is 4.25. The monoisotopic (exact) mass is 440 g/mol. The Morgan fingerprint density at radius 1 is 1.03 bits per heavy atom. The van der Waals surface area contributed by atoms with Gasteiger partial charge in [-0.05, 0) is 61.5 Å². The second-order valence-electron chi connectivity index (χ2n) is 6.89. The average molecular weight is 441 g/mol. The molecule has 0 fully saturated rings. The van der Waals surface area contributed by atoms with Gasteiger partial charge in [-0.15, -0.1) is 0 Å². The third-order valence-corrected chi connectivity index (χ3v) is 5.71. The van der Waals surface area contributed by atoms with Crippen LogP contribution < -0.4 is 10.0 Å². The van der Waals surface area contributed by atoms with Gasteiger partial charge in [0.05, 0.1) is 11.8 Å². The van der Waals surface area contributed by atoms with E-state index in [4.69, 9.17) is 9.97 Å². The summed E-state index contributed by atoms with van der Waals surface area (Å²) in [6.07, 6.45) is 1.12. The largest absolute Gasteiger partial charge is 0.323 e. The van der Waals surface area contributed by atoms with E-state index in [0.29, 0.717) is 22.5 Å². The Bertz CT molecular complexity index is 1320. The molecule has 0 atom stereocenters. The van der Waals surface area contributed by atoms with Crippen LogP contribution in [-0.2, 0) is 10.0 Å². The molecule has 3 N–H and O–H groups in total. The highest BCUT2D eigenvalue weighted by Gasteiger charge is 2.12. The quantitative estimate of drug-likeness (QED) is 0.384. The zero-order valence-corrected chi connectivity index (χ0v) is 18.2. The molecule has 0 bridgehead atoms. The molecule has 30 heavy (non-hydrogen) atoms. The van der Waals surface area contributed by atoms with E-state index in [9.17, 15) is 8.42 Å². The molecule has 0 radical (unpaired) electrons. The Hall–Kier alpha value is -3.11. The number of fused-ring (bicyclic) bond motifs is 1. The Kier molecular flexibility index (Phi) is 5.35. The molecule has 0 aliphatic rings. The molecule has 0 aliphatic heterocycles. The van der Waals surface area contributed by atoms with Gasteiger partial charge in [0, 0.05) is 27.7 Å². The van der Waals surface area contributed by atoms with Crippen LogP contribution in [0.2, 0.25) is 0 Å². The van der Waals surface area contributed by atoms with Gasteiger partial charge in [-0.3, -0.25) is 9.82 Å². The van der Waals surface area contributed by atoms with Crippen LogP contribution in [0.25, 0.3) is 10.9 Å². The number of nitrogens with one attached hydrogen (secondary N) is 3. The summed E-state index contributed by atoms with van der Waals surface area (Å²) in [5.74, 6) is 1.36. The van der Waals surface area contributed by atoms with Crippen molar-refractivity contribution in [1.82, 2.24) is 20.2 Å². The van der Waals surface area contributed by atoms with Crippen LogP contribution in [0.4, 0.5) is 17.3 Å². The van der Waals surface area contributed by atoms with Gasteiger partial charge in [0.15, 0.2) is 11.0 Å². The SMILES string of the molecule is Cc1cc(Nc2nc(Sc3ccc(NS(C)(=O)=O)cc3)nc3c(C)cccc23)n[nH]1. The smallest absolute Gasteiger partial charge is 0.229 e. The number of benzene rings is 2. The summed E-state index contributed by atoms with van der Waals surface area (Å²) in [6.45, 7) is 3.95. The van der Waals surface area contributed by atoms with Gasteiger partial charge >= 0.3 is 0 Å². The van der Waals surface area contributed by atoms with Gasteiger partial charge < -0.3 is 5.32 Å². The topological polar surface area (TPSA) is 113 Å². The Morgan fingerprint density at radius 2 is 1.80 bits per heavy atom. The van der Waals surface area contributed by atoms with E-state index in [1.54, 1.807) is 12.1 Å². The molecule has 8 nitrogen and oxygen atoms in total. The maximum absolute atomic E-state index is 11.4. The maximum atomic E-state index is 11.4. The third-order valence-electron chi connectivity index (χ3n) is 4.23. The first-order chi connectivity index (χ1) is 14.3. The first-order valence-electron chi connectivity index (χ1n) is 9.09. The summed E-state index contributed by atoms with van der Waals surface area (Å²) in [6, 6.07) is 14.9. The van der Waals surface area contributed by atoms with Crippen molar-refractivity contribution in [2.75, 3.05) is 16.3 Å². The number of rotatable bonds is 6. The number of hydrogen-bond donors (Lipinski definition) is 3. The summed E-state index contributed by atoms with van der Waals surface area (Å²) in [7, 11) is -3.31. The minimum Gasteiger partial charge on any atom is -0.323 e. The lowest BCUT2D eigenvalue weighted by Crippen LogP contribution is -2.09. The molecule has 4 rings (SSSR count). The number of nitrogens with zero attached hydrogens (tertiary/aromatic N) is 3. The molecule has 0 aliphatic carbocycles. The van der Waals surface area contributed by atoms with Gasteiger partial charge in [0.2, 0.25) is 10.0 Å². The van der Waals surface area contributed by atoms with Crippen LogP contribution >= 0.6 is 11.8 Å². The predicted octanol–water partition coefficient (Wildman–Crippen LogP) is 4.24. The highest BCUT2D eigenvalue weighted by molar-refractivity contribution is 7.99. The van der Waals surface area contributed by atoms with Crippen molar-refractivity contribution < 1.29 is 8.42 Å². The summed E-state index contributed by atoms with van der Waals surface area (Å²) >= 11 is 1.40. The molecule has 10 heteroatoms. The van der Waals surface area contributed by atoms with Gasteiger partial charge in [-0.25, -0.2) is 18.4 Å². The third kappa shape index (κ3) is 4.71. The first-order valence-corrected chi connectivity index (χ1v) is 11.8. The van der Waals surface area contributed by atoms with Gasteiger partial charge in [0.25, 0.3) is 0 Å². The number of para-hydroxylation sites is 1. The van der Waals surface area contributed by atoms with Crippen LogP contribution in [0.5, 0.6) is 0 Å². The molecule has 4 aromatic rings. The lowest BCUT2D eigenvalue weighted by atomic mass is 10.1. The lowest BCUT2D eigenvalue weighted by Gasteiger charge is -2.11. The molecular formula is C20H20N6O2S2. The summed E-state index contributed by atoms with van der Waals surface area (Å²) < 4.78 is 25.2. The molecule has 0 saturated carbocycles. The molecule has 0 amide bonds. The maximum Gasteiger partial charge on any atom is 0.229 e. The minimum absolute atomic E-state index is 0.508. The van der Waals surface area contributed by atoms with E-state index in [1.807, 2.05) is 50.2 Å². The predicted molar refractivity (Wildman–Crippen MR) is 120 cm³/mol. The highest BCUT2D eigenvalue weighted by Crippen LogP contribution is 2.32. The summed E-state index contributed by atoms with van der Waals surface area (Å²) in [5.41, 5.74) is 3.36. The molecular weight excluding hydrogens is 420 g/mol. The zero-order chi connectivity index (χ0) is 21.3. The molecule has 2 heterocycles. The Labute approximate surface area is 178 Å². The normalized spacial score (nSPS) is 11.6. The van der Waals surface area contributed by atoms with Crippen LogP contribution in [0, 0.1) is 13.8 Å². The fourth-order valence-electron chi connectivity index (χ4n) is 2.93. The molecule has 0 unspecified atom stereocenters. The summed E-state index contributed by atoms with van der Waals surface area (Å²) in [4.78, 5) is 10.3. The van der Waals surface area contributed by atoms with Crippen molar-refractivity contribution in [2.24, 2.45) is 0 Å². The highest BCUT2D eigenvalue weighted by atomic mass is 32.2. The lowest BCUT2D eigenvalue weighted by molar-refractivity contribution is 0.607. The number of sulfonamides is 1. The Morgan fingerprint density at radius 3 is 2.47 bits per heavy atom. The zero-order valence-electron chi connectivity index (χ0n) is 16.6. The van der Waals surface area contributed by atoms with Crippen LogP contribution in [0.1, 0.15) is 11.3 Å². The second-order valence-corrected chi connectivity index (χ2v) is 9.68. The van der Waals surface area contributed by atoms with Crippen LogP contribution in [0.3, 0.4) is 0 Å². The number of aromatic nitrogens is 4. The van der Waals surface area contributed by atoms with Crippen molar-refractivity contribution in [2.45, 2.75) is 23.9 Å². The van der Waals surface area contributed by atoms with Crippen molar-refractivity contribution in [3.8, 4) is 0 Å². The molecule has 154 valence electrons. The van der Waals surface area contributed by atoms with E-state index in [-0.39, 0.29) is 0 Å². The second kappa shape index (κ2) is 7.96. The van der Waals surface area contributed by atoms with Crippen molar-refractivity contribution >= 4 is 50.0 Å². The molecule has 0 saturated heterocycles. The molecule has 2 aromatic heterocycles. The Balaban J connectivity index is 1.68. The van der Waals surface area contributed by atoms with E-state index in [2.05, 4.69) is 20.2 Å². The van der Waals surface area contributed by atoms with E-state index in [1.165, 1.54) is 11.8 Å². The van der Waals surface area contributed by atoms with Crippen molar-refractivity contribution in [3.63, 3.8) is 0 Å². The van der Waals surface area contributed by atoms with E-state index < -0.39 is 10.0 Å². The van der Waals surface area contributed by atoms with Gasteiger partial charge in [-0.2, -0.15) is 5.10 Å². The van der Waals surface area contributed by atoms with E-state index in [0.717, 1.165) is 33.3 Å². The molecule has 0 spiro atoms. The molecule has 2 aromatic carbocycles. The van der Waals surface area contributed by atoms with Crippen LogP contribution in [-0.4, -0.2) is 34.8 Å². The first kappa shape index (κ1) is 20.2. The minimum atomic E-state index is -3.31. The number of H-pyrrole nitrogens is 1.